The Bertz CT molecular complexity index is 2000. The minimum Gasteiger partial charge on any atom is -0.481 e. The van der Waals surface area contributed by atoms with Crippen LogP contribution < -0.4 is 0 Å². The molecule has 0 aliphatic rings. The van der Waals surface area contributed by atoms with E-state index in [9.17, 15) is 19.2 Å². The van der Waals surface area contributed by atoms with Crippen LogP contribution in [0.2, 0.25) is 0 Å². The average molecular weight is 1880 g/mol. The fourth-order valence-corrected chi connectivity index (χ4v) is 18.2. The summed E-state index contributed by atoms with van der Waals surface area (Å²) >= 11 is 0. The molecule has 10 nitrogen and oxygen atoms in total. The topological polar surface area (TPSA) is 168 Å². The molecule has 0 aliphatic carbocycles. The van der Waals surface area contributed by atoms with E-state index in [0.29, 0.717) is 25.7 Å². The molecule has 4 atom stereocenters. The second-order valence-corrected chi connectivity index (χ2v) is 40.4. The summed E-state index contributed by atoms with van der Waals surface area (Å²) in [5.41, 5.74) is 0. The summed E-state index contributed by atoms with van der Waals surface area (Å²) < 4.78 is 11.9. The number of hydrogen-bond donors (Lipinski definition) is 4. The Hall–Kier alpha value is -2.53. The number of allylic oxidation sites excluding steroid dienone is 8. The predicted octanol–water partition coefficient (Wildman–Crippen LogP) is 40.8. The van der Waals surface area contributed by atoms with Gasteiger partial charge < -0.3 is 29.9 Å². The van der Waals surface area contributed by atoms with Crippen molar-refractivity contribution < 1.29 is 70.8 Å². The molecule has 11 heteroatoms. The molecule has 0 aromatic rings. The standard InChI is InChI=1S/2C44H82O4.2C16H34O.Ti/c2*1-2-3-4-27-32-37-42(38-33-28-23-19-15-11-7-5-9-13-17-21-25-30-35-40-43(45)46)39-34-29-24-20-16-12-8-6-10-14-18-22-26-31-36-41-44(47)48;2*1-5-9-11-15(7-3)13-17-14-16(8-4)12-10-6-2;/h2*5-6,9-10,42H,2-4,7-8,11-41H2,1H3,(H,45,46)(H,47,48);2*15-16H,5-14H2,1-4H3;/b2*9-5-,10-6-;;;. The maximum Gasteiger partial charge on any atom is 0.303 e. The maximum atomic E-state index is 10.5. The average Bonchev–Trinajstić information content (AvgIpc) is 1.05. The zero-order valence-electron chi connectivity index (χ0n) is 89.9. The molecule has 0 radical (unpaired) electrons. The first-order valence-corrected chi connectivity index (χ1v) is 58.3. The van der Waals surface area contributed by atoms with E-state index in [0.717, 1.165) is 113 Å². The summed E-state index contributed by atoms with van der Waals surface area (Å²) in [6, 6.07) is 0. The van der Waals surface area contributed by atoms with Gasteiger partial charge in [-0.1, -0.05) is 503 Å². The van der Waals surface area contributed by atoms with E-state index in [1.807, 2.05) is 0 Å². The van der Waals surface area contributed by atoms with E-state index in [1.54, 1.807) is 0 Å². The van der Waals surface area contributed by atoms with E-state index >= 15 is 0 Å². The third-order valence-electron chi connectivity index (χ3n) is 27.7. The molecule has 776 valence electrons. The van der Waals surface area contributed by atoms with Gasteiger partial charge >= 0.3 is 23.9 Å². The van der Waals surface area contributed by atoms with Crippen LogP contribution in [-0.4, -0.2) is 70.7 Å². The Balaban J connectivity index is -0.000000594. The molecule has 0 bridgehead atoms. The molecular weight excluding hydrogens is 1650 g/mol. The fourth-order valence-electron chi connectivity index (χ4n) is 18.2. The molecule has 0 fully saturated rings. The van der Waals surface area contributed by atoms with Gasteiger partial charge in [0.1, 0.15) is 0 Å². The molecule has 4 N–H and O–H groups in total. The maximum absolute atomic E-state index is 10.5. The molecule has 0 aliphatic heterocycles. The fraction of sp³-hybridized carbons (Fsp3) is 0.900. The van der Waals surface area contributed by atoms with Crippen molar-refractivity contribution >= 4 is 23.9 Å². The summed E-state index contributed by atoms with van der Waals surface area (Å²) in [5.74, 6) is 2.44. The number of carboxylic acids is 4. The monoisotopic (exact) mass is 1880 g/mol. The van der Waals surface area contributed by atoms with Gasteiger partial charge in [-0.3, -0.25) is 19.2 Å². The smallest absolute Gasteiger partial charge is 0.303 e. The number of carboxylic acid groups (broad SMARTS) is 4. The van der Waals surface area contributed by atoms with Crippen LogP contribution in [0.3, 0.4) is 0 Å². The Kier molecular flexibility index (Phi) is 127. The van der Waals surface area contributed by atoms with E-state index in [-0.39, 0.29) is 21.7 Å². The van der Waals surface area contributed by atoms with Crippen molar-refractivity contribution in [3.8, 4) is 0 Å². The van der Waals surface area contributed by atoms with Crippen molar-refractivity contribution in [1.82, 2.24) is 0 Å². The van der Waals surface area contributed by atoms with Crippen molar-refractivity contribution in [3.05, 3.63) is 48.6 Å². The second kappa shape index (κ2) is 122. The summed E-state index contributed by atoms with van der Waals surface area (Å²) in [5, 5.41) is 34.7. The molecule has 4 unspecified atom stereocenters. The van der Waals surface area contributed by atoms with Crippen LogP contribution in [0.1, 0.15) is 634 Å². The zero-order valence-corrected chi connectivity index (χ0v) is 91.4. The Morgan fingerprint density at radius 2 is 0.305 bits per heavy atom. The third-order valence-corrected chi connectivity index (χ3v) is 27.7. The van der Waals surface area contributed by atoms with Gasteiger partial charge in [0, 0.05) is 73.8 Å². The molecule has 0 saturated carbocycles. The molecule has 0 aromatic heterocycles. The minimum absolute atomic E-state index is 0. The first kappa shape index (κ1) is 137. The van der Waals surface area contributed by atoms with Crippen LogP contribution in [0.25, 0.3) is 0 Å². The van der Waals surface area contributed by atoms with Gasteiger partial charge in [-0.2, -0.15) is 0 Å². The third kappa shape index (κ3) is 124. The molecule has 0 saturated heterocycles. The van der Waals surface area contributed by atoms with Crippen LogP contribution in [0, 0.1) is 35.5 Å². The van der Waals surface area contributed by atoms with Crippen molar-refractivity contribution in [2.75, 3.05) is 26.4 Å². The number of carbonyl (C=O) groups is 4. The van der Waals surface area contributed by atoms with Gasteiger partial charge in [-0.25, -0.2) is 0 Å². The first-order chi connectivity index (χ1) is 63.7. The molecule has 0 spiro atoms. The van der Waals surface area contributed by atoms with Gasteiger partial charge in [-0.15, -0.1) is 0 Å². The van der Waals surface area contributed by atoms with Crippen LogP contribution >= 0.6 is 0 Å². The van der Waals surface area contributed by atoms with Crippen LogP contribution in [0.5, 0.6) is 0 Å². The summed E-state index contributed by atoms with van der Waals surface area (Å²) in [7, 11) is 0. The van der Waals surface area contributed by atoms with E-state index < -0.39 is 23.9 Å². The van der Waals surface area contributed by atoms with Gasteiger partial charge in [-0.05, 0) is 190 Å². The van der Waals surface area contributed by atoms with Crippen molar-refractivity contribution in [1.29, 1.82) is 0 Å². The van der Waals surface area contributed by atoms with Crippen molar-refractivity contribution in [2.24, 2.45) is 35.5 Å². The van der Waals surface area contributed by atoms with Crippen molar-refractivity contribution in [3.63, 3.8) is 0 Å². The van der Waals surface area contributed by atoms with Crippen LogP contribution in [-0.2, 0) is 50.4 Å². The second-order valence-electron chi connectivity index (χ2n) is 40.4. The number of hydrogen-bond acceptors (Lipinski definition) is 6. The van der Waals surface area contributed by atoms with Gasteiger partial charge in [0.05, 0.1) is 0 Å². The van der Waals surface area contributed by atoms with Crippen molar-refractivity contribution in [2.45, 2.75) is 634 Å². The summed E-state index contributed by atoms with van der Waals surface area (Å²) in [6.45, 7) is 26.8. The van der Waals surface area contributed by atoms with Gasteiger partial charge in [0.25, 0.3) is 0 Å². The van der Waals surface area contributed by atoms with Crippen LogP contribution in [0.4, 0.5) is 0 Å². The molecular formula is C120H232O10Ti. The number of aliphatic carboxylic acids is 4. The molecule has 0 amide bonds. The molecule has 0 aromatic carbocycles. The Morgan fingerprint density at radius 3 is 0.450 bits per heavy atom. The minimum atomic E-state index is -0.664. The number of ether oxygens (including phenoxy) is 2. The molecule has 0 heterocycles. The summed E-state index contributed by atoms with van der Waals surface area (Å²) in [4.78, 5) is 42.1. The first-order valence-electron chi connectivity index (χ1n) is 58.3. The molecule has 0 rings (SSSR count). The Labute approximate surface area is 833 Å². The normalized spacial score (nSPS) is 12.5. The zero-order chi connectivity index (χ0) is 95.9. The van der Waals surface area contributed by atoms with Crippen LogP contribution in [0.15, 0.2) is 48.6 Å². The predicted molar refractivity (Wildman–Crippen MR) is 573 cm³/mol. The summed E-state index contributed by atoms with van der Waals surface area (Å²) in [6.07, 6.45) is 130. The van der Waals surface area contributed by atoms with Gasteiger partial charge in [0.15, 0.2) is 0 Å². The van der Waals surface area contributed by atoms with Gasteiger partial charge in [0.2, 0.25) is 0 Å². The SMILES string of the molecule is CCCCC(CC)COCC(CC)CCCC.CCCCC(CC)COCC(CC)CCCC.CCCCCCCC(CCCCCCCC/C=C\CCCCCCCC(=O)O)CCCCCCCC/C=C\CCCCCCCC(=O)O.CCCCCCCC(CCCCCCCC/C=C\CCCCCCCC(=O)O)CCCCCCCC/C=C\CCCCCCCC(=O)O.[Ti]. The van der Waals surface area contributed by atoms with E-state index in [2.05, 4.69) is 118 Å². The molecule has 131 heavy (non-hydrogen) atoms. The van der Waals surface area contributed by atoms with E-state index in [1.165, 1.54) is 488 Å². The largest absolute Gasteiger partial charge is 0.481 e. The Morgan fingerprint density at radius 1 is 0.176 bits per heavy atom. The number of unbranched alkanes of at least 4 members (excludes halogenated alkanes) is 56. The number of rotatable bonds is 104. The van der Waals surface area contributed by atoms with E-state index in [4.69, 9.17) is 29.9 Å². The quantitative estimate of drug-likeness (QED) is 0.0261.